The van der Waals surface area contributed by atoms with Crippen LogP contribution in [0.25, 0.3) is 0 Å². The van der Waals surface area contributed by atoms with Crippen molar-refractivity contribution in [1.82, 2.24) is 0 Å². The highest BCUT2D eigenvalue weighted by Crippen LogP contribution is 2.01. The fourth-order valence-corrected chi connectivity index (χ4v) is 0.909. The third kappa shape index (κ3) is 10.7. The minimum atomic E-state index is -0.372. The molecule has 0 aliphatic rings. The van der Waals surface area contributed by atoms with Crippen molar-refractivity contribution in [3.63, 3.8) is 0 Å². The van der Waals surface area contributed by atoms with Gasteiger partial charge in [0, 0.05) is 0 Å². The molecule has 0 fully saturated rings. The zero-order valence-corrected chi connectivity index (χ0v) is 10.8. The average Bonchev–Trinajstić information content (AvgIpc) is 2.31. The first kappa shape index (κ1) is 15.5. The van der Waals surface area contributed by atoms with Gasteiger partial charge in [-0.15, -0.1) is 0 Å². The van der Waals surface area contributed by atoms with E-state index in [1.54, 1.807) is 19.4 Å². The number of methoxy groups -OCH3 is 1. The van der Waals surface area contributed by atoms with Crippen molar-refractivity contribution >= 4 is 0 Å². The average molecular weight is 234 g/mol. The minimum absolute atomic E-state index is 0.255. The van der Waals surface area contributed by atoms with Crippen LogP contribution in [0, 0.1) is 5.92 Å². The van der Waals surface area contributed by atoms with Crippen LogP contribution in [-0.2, 0) is 4.74 Å². The van der Waals surface area contributed by atoms with Crippen molar-refractivity contribution in [3.8, 4) is 0 Å². The van der Waals surface area contributed by atoms with Crippen LogP contribution in [0.15, 0.2) is 60.9 Å². The normalized spacial score (nSPS) is 15.4. The molecular weight excluding hydrogens is 212 g/mol. The van der Waals surface area contributed by atoms with Crippen LogP contribution in [0.3, 0.4) is 0 Å². The quantitative estimate of drug-likeness (QED) is 0.540. The Morgan fingerprint density at radius 3 is 1.76 bits per heavy atom. The first-order chi connectivity index (χ1) is 8.18. The summed E-state index contributed by atoms with van der Waals surface area (Å²) < 4.78 is 4.74. The summed E-state index contributed by atoms with van der Waals surface area (Å²) in [5, 5.41) is 9.48. The van der Waals surface area contributed by atoms with Crippen molar-refractivity contribution in [1.29, 1.82) is 0 Å². The van der Waals surface area contributed by atoms with Crippen LogP contribution >= 0.6 is 0 Å². The molecule has 0 radical (unpaired) electrons. The Hall–Kier alpha value is -1.54. The summed E-state index contributed by atoms with van der Waals surface area (Å²) >= 11 is 0. The van der Waals surface area contributed by atoms with Crippen molar-refractivity contribution in [2.24, 2.45) is 5.92 Å². The molecule has 94 valence electrons. The highest BCUT2D eigenvalue weighted by Gasteiger charge is 2.01. The van der Waals surface area contributed by atoms with Crippen molar-refractivity contribution < 1.29 is 9.84 Å². The molecule has 0 heterocycles. The Bertz CT molecular complexity index is 307. The Morgan fingerprint density at radius 1 is 0.824 bits per heavy atom. The molecule has 0 aromatic heterocycles. The van der Waals surface area contributed by atoms with E-state index in [2.05, 4.69) is 0 Å². The summed E-state index contributed by atoms with van der Waals surface area (Å²) in [5.41, 5.74) is 0. The lowest BCUT2D eigenvalue weighted by molar-refractivity contribution is 0.172. The van der Waals surface area contributed by atoms with Crippen molar-refractivity contribution in [2.75, 3.05) is 7.11 Å². The van der Waals surface area contributed by atoms with E-state index in [1.807, 2.05) is 62.5 Å². The lowest BCUT2D eigenvalue weighted by atomic mass is 10.1. The Balaban J connectivity index is 3.84. The first-order valence-corrected chi connectivity index (χ1v) is 5.72. The van der Waals surface area contributed by atoms with Gasteiger partial charge < -0.3 is 9.84 Å². The van der Waals surface area contributed by atoms with Crippen molar-refractivity contribution in [2.45, 2.75) is 20.0 Å². The molecule has 0 rings (SSSR count). The largest absolute Gasteiger partial charge is 0.504 e. The van der Waals surface area contributed by atoms with Crippen LogP contribution in [0.2, 0.25) is 0 Å². The van der Waals surface area contributed by atoms with Crippen LogP contribution in [0.5, 0.6) is 0 Å². The van der Waals surface area contributed by atoms with E-state index in [4.69, 9.17) is 4.74 Å². The highest BCUT2D eigenvalue weighted by molar-refractivity contribution is 5.17. The maximum Gasteiger partial charge on any atom is 0.0824 e. The number of hydrogen-bond donors (Lipinski definition) is 1. The summed E-state index contributed by atoms with van der Waals surface area (Å²) in [7, 11) is 1.61. The Kier molecular flexibility index (Phi) is 9.97. The topological polar surface area (TPSA) is 29.5 Å². The highest BCUT2D eigenvalue weighted by atomic mass is 16.5. The summed E-state index contributed by atoms with van der Waals surface area (Å²) in [6.45, 7) is 3.97. The lowest BCUT2D eigenvalue weighted by Gasteiger charge is -2.07. The minimum Gasteiger partial charge on any atom is -0.504 e. The van der Waals surface area contributed by atoms with E-state index in [0.717, 1.165) is 0 Å². The first-order valence-electron chi connectivity index (χ1n) is 5.72. The van der Waals surface area contributed by atoms with Gasteiger partial charge in [-0.1, -0.05) is 62.5 Å². The maximum absolute atomic E-state index is 9.48. The van der Waals surface area contributed by atoms with Crippen LogP contribution in [0.4, 0.5) is 0 Å². The summed E-state index contributed by atoms with van der Waals surface area (Å²) in [6.07, 6.45) is 18.1. The number of aliphatic hydroxyl groups is 1. The molecule has 0 aromatic rings. The molecule has 1 unspecified atom stereocenters. The second-order valence-electron chi connectivity index (χ2n) is 3.84. The van der Waals surface area contributed by atoms with Gasteiger partial charge in [-0.05, 0) is 12.0 Å². The molecule has 2 heteroatoms. The molecule has 0 spiro atoms. The zero-order valence-electron chi connectivity index (χ0n) is 10.8. The Labute approximate surface area is 104 Å². The standard InChI is InChI=1S/C15H22O2/c1-14(2)15(16)12-10-8-6-4-5-7-9-11-13-17-3/h4-16H,1-3H3/b5-4+,8-6+,9-7+,12-10+,13-11+. The number of aliphatic hydroxyl groups excluding tert-OH is 1. The molecular formula is C15H22O2. The summed E-state index contributed by atoms with van der Waals surface area (Å²) in [6, 6.07) is 0. The maximum atomic E-state index is 9.48. The summed E-state index contributed by atoms with van der Waals surface area (Å²) in [4.78, 5) is 0. The van der Waals surface area contributed by atoms with Gasteiger partial charge in [-0.3, -0.25) is 0 Å². The van der Waals surface area contributed by atoms with E-state index in [1.165, 1.54) is 0 Å². The van der Waals surface area contributed by atoms with Crippen molar-refractivity contribution in [3.05, 3.63) is 60.9 Å². The zero-order chi connectivity index (χ0) is 12.9. The van der Waals surface area contributed by atoms with Gasteiger partial charge in [0.15, 0.2) is 0 Å². The number of allylic oxidation sites excluding steroid dienone is 8. The molecule has 0 saturated carbocycles. The molecule has 0 aliphatic heterocycles. The second-order valence-corrected chi connectivity index (χ2v) is 3.84. The molecule has 17 heavy (non-hydrogen) atoms. The van der Waals surface area contributed by atoms with Crippen LogP contribution in [-0.4, -0.2) is 18.3 Å². The van der Waals surface area contributed by atoms with E-state index < -0.39 is 0 Å². The van der Waals surface area contributed by atoms with Gasteiger partial charge >= 0.3 is 0 Å². The number of rotatable bonds is 7. The fraction of sp³-hybridized carbons (Fsp3) is 0.333. The third-order valence-electron chi connectivity index (χ3n) is 1.98. The van der Waals surface area contributed by atoms with Gasteiger partial charge in [0.2, 0.25) is 0 Å². The summed E-state index contributed by atoms with van der Waals surface area (Å²) in [5.74, 6) is 0.255. The number of ether oxygens (including phenoxy) is 1. The number of hydrogen-bond acceptors (Lipinski definition) is 2. The molecule has 1 atom stereocenters. The third-order valence-corrected chi connectivity index (χ3v) is 1.98. The molecule has 0 bridgehead atoms. The lowest BCUT2D eigenvalue weighted by Crippen LogP contribution is -2.10. The van der Waals surface area contributed by atoms with Gasteiger partial charge in [0.1, 0.15) is 0 Å². The van der Waals surface area contributed by atoms with Gasteiger partial charge in [-0.2, -0.15) is 0 Å². The smallest absolute Gasteiger partial charge is 0.0824 e. The predicted molar refractivity (Wildman–Crippen MR) is 73.6 cm³/mol. The van der Waals surface area contributed by atoms with Gasteiger partial charge in [0.25, 0.3) is 0 Å². The second kappa shape index (κ2) is 11.0. The van der Waals surface area contributed by atoms with E-state index in [9.17, 15) is 5.11 Å². The van der Waals surface area contributed by atoms with Gasteiger partial charge in [-0.25, -0.2) is 0 Å². The molecule has 0 amide bonds. The molecule has 0 saturated heterocycles. The molecule has 2 nitrogen and oxygen atoms in total. The SMILES string of the molecule is CO/C=C/C=C/C=C/C=C/C=C/C(O)C(C)C. The van der Waals surface area contributed by atoms with E-state index in [-0.39, 0.29) is 12.0 Å². The Morgan fingerprint density at radius 2 is 1.29 bits per heavy atom. The molecule has 0 aromatic carbocycles. The monoisotopic (exact) mass is 234 g/mol. The van der Waals surface area contributed by atoms with Gasteiger partial charge in [0.05, 0.1) is 19.5 Å². The predicted octanol–water partition coefficient (Wildman–Crippen LogP) is 3.39. The van der Waals surface area contributed by atoms with E-state index >= 15 is 0 Å². The fourth-order valence-electron chi connectivity index (χ4n) is 0.909. The molecule has 1 N–H and O–H groups in total. The molecule has 0 aliphatic carbocycles. The van der Waals surface area contributed by atoms with E-state index in [0.29, 0.717) is 0 Å². The van der Waals surface area contributed by atoms with Crippen LogP contribution < -0.4 is 0 Å². The van der Waals surface area contributed by atoms with Crippen LogP contribution in [0.1, 0.15) is 13.8 Å².